The van der Waals surface area contributed by atoms with Crippen LogP contribution in [-0.2, 0) is 0 Å². The molecule has 0 atom stereocenters. The average molecular weight is 602 g/mol. The Hall–Kier alpha value is -4.88. The van der Waals surface area contributed by atoms with E-state index in [1.165, 1.54) is 60.3 Å². The molecule has 0 unspecified atom stereocenters. The molecule has 8 aromatic rings. The lowest BCUT2D eigenvalue weighted by atomic mass is 9.77. The van der Waals surface area contributed by atoms with E-state index in [4.69, 9.17) is 23.2 Å². The van der Waals surface area contributed by atoms with Crippen LogP contribution in [0, 0.1) is 0 Å². The molecule has 0 saturated carbocycles. The number of fused-ring (bicyclic) bond motifs is 3. The smallest absolute Gasteiger partial charge is 0.0412 e. The minimum atomic E-state index is 0.713. The van der Waals surface area contributed by atoms with Crippen LogP contribution in [0.4, 0.5) is 0 Å². The molecule has 0 nitrogen and oxygen atoms in total. The SMILES string of the molecule is Clc1ccc(-c2c3ccccc3c(-c3ccccc3)c3c(-c4ccccc4)c4ccc(Cl)cc4c(-c4ccccc4)c23)cc1. The number of halogens is 2. The molecule has 0 bridgehead atoms. The molecule has 0 aromatic heterocycles. The van der Waals surface area contributed by atoms with Crippen LogP contribution in [0.5, 0.6) is 0 Å². The molecule has 0 aliphatic carbocycles. The summed E-state index contributed by atoms with van der Waals surface area (Å²) >= 11 is 13.3. The van der Waals surface area contributed by atoms with E-state index in [2.05, 4.69) is 140 Å². The standard InChI is InChI=1S/C42H26Cl2/c43-31-22-20-30(21-23-31)39-34-19-11-10-18-33(34)37(27-12-4-1-5-13-27)41-38(28-14-6-2-7-15-28)35-25-24-32(44)26-36(35)40(42(39)41)29-16-8-3-9-17-29/h1-26H. The predicted molar refractivity (Wildman–Crippen MR) is 191 cm³/mol. The fourth-order valence-corrected chi connectivity index (χ4v) is 7.08. The van der Waals surface area contributed by atoms with Crippen LogP contribution in [0.2, 0.25) is 10.0 Å². The largest absolute Gasteiger partial charge is 0.0843 e. The number of benzene rings is 8. The third-order valence-corrected chi connectivity index (χ3v) is 9.04. The van der Waals surface area contributed by atoms with Gasteiger partial charge < -0.3 is 0 Å². The molecule has 0 N–H and O–H groups in total. The van der Waals surface area contributed by atoms with Gasteiger partial charge >= 0.3 is 0 Å². The first-order valence-corrected chi connectivity index (χ1v) is 15.5. The molecule has 0 heterocycles. The van der Waals surface area contributed by atoms with Gasteiger partial charge in [-0.2, -0.15) is 0 Å². The predicted octanol–water partition coefficient (Wildman–Crippen LogP) is 13.1. The first kappa shape index (κ1) is 26.7. The van der Waals surface area contributed by atoms with Crippen LogP contribution >= 0.6 is 23.2 Å². The van der Waals surface area contributed by atoms with E-state index >= 15 is 0 Å². The number of hydrogen-bond donors (Lipinski definition) is 0. The molecule has 0 aliphatic rings. The summed E-state index contributed by atoms with van der Waals surface area (Å²) in [4.78, 5) is 0. The van der Waals surface area contributed by atoms with Gasteiger partial charge in [-0.25, -0.2) is 0 Å². The minimum absolute atomic E-state index is 0.713. The quantitative estimate of drug-likeness (QED) is 0.176. The Morgan fingerprint density at radius 1 is 0.273 bits per heavy atom. The van der Waals surface area contributed by atoms with E-state index < -0.39 is 0 Å². The molecule has 0 fully saturated rings. The maximum absolute atomic E-state index is 6.81. The van der Waals surface area contributed by atoms with E-state index in [1.807, 2.05) is 18.2 Å². The maximum Gasteiger partial charge on any atom is 0.0412 e. The molecule has 0 spiro atoms. The van der Waals surface area contributed by atoms with E-state index in [-0.39, 0.29) is 0 Å². The zero-order valence-electron chi connectivity index (χ0n) is 23.8. The van der Waals surface area contributed by atoms with Crippen molar-refractivity contribution in [3.8, 4) is 44.5 Å². The second-order valence-electron chi connectivity index (χ2n) is 11.1. The lowest BCUT2D eigenvalue weighted by molar-refractivity contribution is 1.63. The van der Waals surface area contributed by atoms with Gasteiger partial charge in [0.25, 0.3) is 0 Å². The maximum atomic E-state index is 6.81. The van der Waals surface area contributed by atoms with E-state index in [9.17, 15) is 0 Å². The molecule has 0 saturated heterocycles. The van der Waals surface area contributed by atoms with Crippen molar-refractivity contribution in [1.29, 1.82) is 0 Å². The molecule has 8 rings (SSSR count). The topological polar surface area (TPSA) is 0 Å². The summed E-state index contributed by atoms with van der Waals surface area (Å²) in [5.41, 5.74) is 9.39. The highest BCUT2D eigenvalue weighted by Gasteiger charge is 2.25. The van der Waals surface area contributed by atoms with Crippen LogP contribution in [0.15, 0.2) is 158 Å². The average Bonchev–Trinajstić information content (AvgIpc) is 3.08. The minimum Gasteiger partial charge on any atom is -0.0843 e. The lowest BCUT2D eigenvalue weighted by Crippen LogP contribution is -1.97. The van der Waals surface area contributed by atoms with Gasteiger partial charge in [-0.15, -0.1) is 0 Å². The monoisotopic (exact) mass is 600 g/mol. The van der Waals surface area contributed by atoms with Crippen LogP contribution in [0.25, 0.3) is 76.8 Å². The Labute approximate surface area is 266 Å². The van der Waals surface area contributed by atoms with Crippen molar-refractivity contribution in [2.75, 3.05) is 0 Å². The summed E-state index contributed by atoms with van der Waals surface area (Å²) in [6.07, 6.45) is 0. The van der Waals surface area contributed by atoms with Gasteiger partial charge in [-0.1, -0.05) is 157 Å². The van der Waals surface area contributed by atoms with Crippen LogP contribution < -0.4 is 0 Å². The van der Waals surface area contributed by atoms with Gasteiger partial charge in [0.1, 0.15) is 0 Å². The van der Waals surface area contributed by atoms with Gasteiger partial charge in [0.15, 0.2) is 0 Å². The Bertz CT molecular complexity index is 2310. The van der Waals surface area contributed by atoms with Crippen molar-refractivity contribution in [3.05, 3.63) is 168 Å². The third kappa shape index (κ3) is 4.38. The van der Waals surface area contributed by atoms with Crippen LogP contribution in [0.1, 0.15) is 0 Å². The summed E-state index contributed by atoms with van der Waals surface area (Å²) < 4.78 is 0. The van der Waals surface area contributed by atoms with Gasteiger partial charge in [0, 0.05) is 10.0 Å². The fraction of sp³-hybridized carbons (Fsp3) is 0. The summed E-state index contributed by atoms with van der Waals surface area (Å²) in [5, 5.41) is 8.55. The van der Waals surface area contributed by atoms with Gasteiger partial charge in [-0.05, 0) is 101 Å². The van der Waals surface area contributed by atoms with Crippen molar-refractivity contribution in [2.24, 2.45) is 0 Å². The molecular weight excluding hydrogens is 575 g/mol. The first-order valence-electron chi connectivity index (χ1n) is 14.7. The summed E-state index contributed by atoms with van der Waals surface area (Å²) in [6, 6.07) is 55.7. The molecule has 0 amide bonds. The van der Waals surface area contributed by atoms with Crippen LogP contribution in [-0.4, -0.2) is 0 Å². The second-order valence-corrected chi connectivity index (χ2v) is 12.0. The van der Waals surface area contributed by atoms with Gasteiger partial charge in [0.2, 0.25) is 0 Å². The summed E-state index contributed by atoms with van der Waals surface area (Å²) in [6.45, 7) is 0. The van der Waals surface area contributed by atoms with E-state index in [0.29, 0.717) is 10.0 Å². The van der Waals surface area contributed by atoms with Crippen molar-refractivity contribution in [1.82, 2.24) is 0 Å². The van der Waals surface area contributed by atoms with Crippen molar-refractivity contribution in [2.45, 2.75) is 0 Å². The molecular formula is C42H26Cl2. The lowest BCUT2D eigenvalue weighted by Gasteiger charge is -2.25. The fourth-order valence-electron chi connectivity index (χ4n) is 6.78. The zero-order chi connectivity index (χ0) is 29.6. The van der Waals surface area contributed by atoms with Crippen molar-refractivity contribution in [3.63, 3.8) is 0 Å². The van der Waals surface area contributed by atoms with Crippen LogP contribution in [0.3, 0.4) is 0 Å². The van der Waals surface area contributed by atoms with E-state index in [0.717, 1.165) is 16.5 Å². The van der Waals surface area contributed by atoms with Crippen molar-refractivity contribution < 1.29 is 0 Å². The normalized spacial score (nSPS) is 11.4. The molecule has 8 aromatic carbocycles. The first-order chi connectivity index (χ1) is 21.7. The molecule has 0 aliphatic heterocycles. The Morgan fingerprint density at radius 2 is 0.614 bits per heavy atom. The highest BCUT2D eigenvalue weighted by Crippen LogP contribution is 2.53. The van der Waals surface area contributed by atoms with Gasteiger partial charge in [0.05, 0.1) is 0 Å². The zero-order valence-corrected chi connectivity index (χ0v) is 25.3. The van der Waals surface area contributed by atoms with Crippen molar-refractivity contribution >= 4 is 55.5 Å². The molecule has 2 heteroatoms. The number of rotatable bonds is 4. The number of hydrogen-bond acceptors (Lipinski definition) is 0. The Kier molecular flexibility index (Phi) is 6.68. The molecule has 0 radical (unpaired) electrons. The highest BCUT2D eigenvalue weighted by molar-refractivity contribution is 6.36. The third-order valence-electron chi connectivity index (χ3n) is 8.56. The summed E-state index contributed by atoms with van der Waals surface area (Å²) in [5.74, 6) is 0. The Balaban J connectivity index is 1.77. The van der Waals surface area contributed by atoms with Gasteiger partial charge in [-0.3, -0.25) is 0 Å². The second kappa shape index (κ2) is 11.0. The highest BCUT2D eigenvalue weighted by atomic mass is 35.5. The molecule has 44 heavy (non-hydrogen) atoms. The molecule has 208 valence electrons. The van der Waals surface area contributed by atoms with E-state index in [1.54, 1.807) is 0 Å². The summed E-state index contributed by atoms with van der Waals surface area (Å²) in [7, 11) is 0. The Morgan fingerprint density at radius 3 is 1.07 bits per heavy atom.